The number of halogens is 3. The lowest BCUT2D eigenvalue weighted by Crippen LogP contribution is -1.98. The molecule has 0 atom stereocenters. The van der Waals surface area contributed by atoms with Crippen LogP contribution in [0.5, 0.6) is 0 Å². The van der Waals surface area contributed by atoms with E-state index in [1.807, 2.05) is 0 Å². The number of nitrogens with zero attached hydrogens (tertiary/aromatic N) is 2. The summed E-state index contributed by atoms with van der Waals surface area (Å²) in [5, 5.41) is 4.44. The molecule has 0 bridgehead atoms. The van der Waals surface area contributed by atoms with E-state index in [1.165, 1.54) is 18.3 Å². The van der Waals surface area contributed by atoms with Crippen molar-refractivity contribution in [3.8, 4) is 11.8 Å². The van der Waals surface area contributed by atoms with E-state index in [1.54, 1.807) is 30.5 Å². The highest BCUT2D eigenvalue weighted by Gasteiger charge is 2.10. The van der Waals surface area contributed by atoms with Gasteiger partial charge in [0.2, 0.25) is 0 Å². The van der Waals surface area contributed by atoms with E-state index in [-0.39, 0.29) is 10.5 Å². The van der Waals surface area contributed by atoms with E-state index >= 15 is 0 Å². The first-order chi connectivity index (χ1) is 15.2. The molecule has 0 unspecified atom stereocenters. The number of aromatic nitrogens is 2. The summed E-state index contributed by atoms with van der Waals surface area (Å²) in [6.07, 6.45) is 4.26. The van der Waals surface area contributed by atoms with Gasteiger partial charge >= 0.3 is 0 Å². The fourth-order valence-electron chi connectivity index (χ4n) is 2.93. The fourth-order valence-corrected chi connectivity index (χ4v) is 3.56. The third-order valence-electron chi connectivity index (χ3n) is 4.51. The number of nitrogens with one attached hydrogen (secondary N) is 1. The summed E-state index contributed by atoms with van der Waals surface area (Å²) in [5.74, 6) is 1.61. The van der Waals surface area contributed by atoms with Crippen LogP contribution in [0.25, 0.3) is 10.8 Å². The van der Waals surface area contributed by atoms with Gasteiger partial charge in [0.15, 0.2) is 27.3 Å². The van der Waals surface area contributed by atoms with Crippen molar-refractivity contribution in [1.29, 1.82) is 0 Å². The van der Waals surface area contributed by atoms with Gasteiger partial charge in [-0.2, -0.15) is 0 Å². The normalized spacial score (nSPS) is 11.1. The quantitative estimate of drug-likeness (QED) is 0.363. The Kier molecular flexibility index (Phi) is 5.55. The number of hydrogen-bond acceptors (Lipinski definition) is 5. The number of rotatable bonds is 3. The van der Waals surface area contributed by atoms with Crippen LogP contribution in [0.15, 0.2) is 65.8 Å². The lowest BCUT2D eigenvalue weighted by atomic mass is 10.1. The molecule has 0 amide bonds. The number of benzene rings is 2. The van der Waals surface area contributed by atoms with Crippen molar-refractivity contribution in [2.45, 2.75) is 4.90 Å². The predicted octanol–water partition coefficient (Wildman–Crippen LogP) is 4.59. The van der Waals surface area contributed by atoms with Crippen LogP contribution in [0.1, 0.15) is 11.3 Å². The second-order valence-corrected chi connectivity index (χ2v) is 8.89. The monoisotopic (exact) mass is 453 g/mol. The van der Waals surface area contributed by atoms with Gasteiger partial charge in [-0.05, 0) is 54.5 Å². The van der Waals surface area contributed by atoms with E-state index in [4.69, 9.17) is 0 Å². The third-order valence-corrected chi connectivity index (χ3v) is 5.64. The van der Waals surface area contributed by atoms with Crippen molar-refractivity contribution in [1.82, 2.24) is 9.97 Å². The zero-order chi connectivity index (χ0) is 22.9. The minimum Gasteiger partial charge on any atom is -0.340 e. The Bertz CT molecular complexity index is 1490. The van der Waals surface area contributed by atoms with Crippen molar-refractivity contribution < 1.29 is 21.6 Å². The Hall–Kier alpha value is -3.90. The van der Waals surface area contributed by atoms with E-state index in [0.29, 0.717) is 22.6 Å². The number of sulfone groups is 1. The van der Waals surface area contributed by atoms with Crippen molar-refractivity contribution in [3.63, 3.8) is 0 Å². The van der Waals surface area contributed by atoms with Crippen LogP contribution < -0.4 is 5.32 Å². The first kappa shape index (κ1) is 21.3. The highest BCUT2D eigenvalue weighted by molar-refractivity contribution is 7.90. The average Bonchev–Trinajstić information content (AvgIpc) is 2.75. The molecule has 2 aromatic carbocycles. The summed E-state index contributed by atoms with van der Waals surface area (Å²) in [4.78, 5) is 8.73. The van der Waals surface area contributed by atoms with Crippen LogP contribution in [0.3, 0.4) is 0 Å². The van der Waals surface area contributed by atoms with Crippen LogP contribution in [-0.2, 0) is 9.84 Å². The molecule has 0 aliphatic heterocycles. The van der Waals surface area contributed by atoms with E-state index in [2.05, 4.69) is 27.1 Å². The third kappa shape index (κ3) is 4.55. The van der Waals surface area contributed by atoms with Gasteiger partial charge < -0.3 is 5.32 Å². The molecule has 0 aliphatic carbocycles. The average molecular weight is 453 g/mol. The predicted molar refractivity (Wildman–Crippen MR) is 115 cm³/mol. The molecule has 2 heterocycles. The maximum atomic E-state index is 13.4. The standard InChI is InChI=1S/C23H14F3N3O2S/c1-32(30,31)17-5-3-16(4-6-17)29-22-12-18-15(13-28-22)8-9-27-21(18)7-2-14-10-19(24)23(26)20(25)11-14/h3-6,8-13H,1H3,(H,28,29). The molecule has 160 valence electrons. The molecule has 0 saturated heterocycles. The van der Waals surface area contributed by atoms with Crippen molar-refractivity contribution >= 4 is 32.1 Å². The molecule has 0 fully saturated rings. The summed E-state index contributed by atoms with van der Waals surface area (Å²) in [5.41, 5.74) is 0.933. The zero-order valence-electron chi connectivity index (χ0n) is 16.5. The number of fused-ring (bicyclic) bond motifs is 1. The molecule has 0 aliphatic rings. The van der Waals surface area contributed by atoms with Gasteiger partial charge in [-0.25, -0.2) is 31.6 Å². The molecular weight excluding hydrogens is 439 g/mol. The minimum atomic E-state index is -3.30. The molecule has 0 saturated carbocycles. The molecular formula is C23H14F3N3O2S. The van der Waals surface area contributed by atoms with Gasteiger partial charge in [0.1, 0.15) is 11.5 Å². The number of pyridine rings is 2. The summed E-state index contributed by atoms with van der Waals surface area (Å²) in [7, 11) is -3.30. The Balaban J connectivity index is 1.67. The van der Waals surface area contributed by atoms with Crippen molar-refractivity contribution in [2.24, 2.45) is 0 Å². The smallest absolute Gasteiger partial charge is 0.194 e. The minimum absolute atomic E-state index is 0.0291. The van der Waals surface area contributed by atoms with Crippen molar-refractivity contribution in [3.05, 3.63) is 89.6 Å². The molecule has 2 aromatic heterocycles. The molecule has 4 aromatic rings. The topological polar surface area (TPSA) is 72.0 Å². The molecule has 0 spiro atoms. The Morgan fingerprint density at radius 3 is 2.25 bits per heavy atom. The first-order valence-electron chi connectivity index (χ1n) is 9.19. The molecule has 0 radical (unpaired) electrons. The SMILES string of the molecule is CS(=O)(=O)c1ccc(Nc2cc3c(C#Cc4cc(F)c(F)c(F)c4)nccc3cn2)cc1. The van der Waals surface area contributed by atoms with Gasteiger partial charge in [-0.15, -0.1) is 0 Å². The summed E-state index contributed by atoms with van der Waals surface area (Å²) < 4.78 is 63.2. The van der Waals surface area contributed by atoms with Gasteiger partial charge in [0.05, 0.1) is 4.90 Å². The fraction of sp³-hybridized carbons (Fsp3) is 0.0435. The molecule has 9 heteroatoms. The van der Waals surface area contributed by atoms with Gasteiger partial charge in [-0.3, -0.25) is 0 Å². The highest BCUT2D eigenvalue weighted by Crippen LogP contribution is 2.23. The van der Waals surface area contributed by atoms with E-state index in [9.17, 15) is 21.6 Å². The van der Waals surface area contributed by atoms with Crippen molar-refractivity contribution in [2.75, 3.05) is 11.6 Å². The maximum absolute atomic E-state index is 13.4. The second-order valence-electron chi connectivity index (χ2n) is 6.88. The Morgan fingerprint density at radius 2 is 1.59 bits per heavy atom. The van der Waals surface area contributed by atoms with Gasteiger partial charge in [0.25, 0.3) is 0 Å². The summed E-state index contributed by atoms with van der Waals surface area (Å²) in [6.45, 7) is 0. The number of hydrogen-bond donors (Lipinski definition) is 1. The van der Waals surface area contributed by atoms with E-state index < -0.39 is 27.3 Å². The second kappa shape index (κ2) is 8.32. The van der Waals surface area contributed by atoms with Gasteiger partial charge in [-0.1, -0.05) is 5.92 Å². The van der Waals surface area contributed by atoms with Crippen LogP contribution >= 0.6 is 0 Å². The largest absolute Gasteiger partial charge is 0.340 e. The molecule has 5 nitrogen and oxygen atoms in total. The highest BCUT2D eigenvalue weighted by atomic mass is 32.2. The Morgan fingerprint density at radius 1 is 0.906 bits per heavy atom. The molecule has 1 N–H and O–H groups in total. The lowest BCUT2D eigenvalue weighted by Gasteiger charge is -2.08. The van der Waals surface area contributed by atoms with E-state index in [0.717, 1.165) is 23.8 Å². The zero-order valence-corrected chi connectivity index (χ0v) is 17.3. The molecule has 32 heavy (non-hydrogen) atoms. The van der Waals surface area contributed by atoms with Crippen LogP contribution in [0.2, 0.25) is 0 Å². The lowest BCUT2D eigenvalue weighted by molar-refractivity contribution is 0.446. The Labute approximate surface area is 181 Å². The maximum Gasteiger partial charge on any atom is 0.194 e. The first-order valence-corrected chi connectivity index (χ1v) is 11.1. The molecule has 4 rings (SSSR count). The summed E-state index contributed by atoms with van der Waals surface area (Å²) in [6, 6.07) is 11.2. The van der Waals surface area contributed by atoms with Crippen LogP contribution in [0.4, 0.5) is 24.7 Å². The number of anilines is 2. The summed E-state index contributed by atoms with van der Waals surface area (Å²) >= 11 is 0. The van der Waals surface area contributed by atoms with Crippen LogP contribution in [-0.4, -0.2) is 24.6 Å². The van der Waals surface area contributed by atoms with Crippen LogP contribution in [0, 0.1) is 29.3 Å². The van der Waals surface area contributed by atoms with Gasteiger partial charge in [0, 0.05) is 40.7 Å².